The summed E-state index contributed by atoms with van der Waals surface area (Å²) in [5, 5.41) is 5.30. The minimum Gasteiger partial charge on any atom is -0.495 e. The Hall–Kier alpha value is -3.62. The molecule has 2 aromatic heterocycles. The molecule has 4 N–H and O–H groups in total. The molecule has 2 heterocycles. The Bertz CT molecular complexity index is 1010. The highest BCUT2D eigenvalue weighted by atomic mass is 16.5. The molecule has 0 bridgehead atoms. The average molecular weight is 355 g/mol. The van der Waals surface area contributed by atoms with E-state index in [1.807, 2.05) is 0 Å². The zero-order valence-corrected chi connectivity index (χ0v) is 14.0. The molecule has 0 unspecified atom stereocenters. The molecule has 2 amide bonds. The van der Waals surface area contributed by atoms with Crippen molar-refractivity contribution in [1.82, 2.24) is 15.0 Å². The first kappa shape index (κ1) is 17.2. The third-order valence-corrected chi connectivity index (χ3v) is 3.60. The van der Waals surface area contributed by atoms with Gasteiger partial charge in [0, 0.05) is 12.8 Å². The third kappa shape index (κ3) is 4.07. The van der Waals surface area contributed by atoms with Crippen LogP contribution < -0.4 is 21.1 Å². The second-order valence-electron chi connectivity index (χ2n) is 5.47. The molecule has 3 rings (SSSR count). The Kier molecular flexibility index (Phi) is 4.97. The summed E-state index contributed by atoms with van der Waals surface area (Å²) < 4.78 is 5.16. The van der Waals surface area contributed by atoms with E-state index < -0.39 is 0 Å². The molecular weight excluding hydrogens is 338 g/mol. The summed E-state index contributed by atoms with van der Waals surface area (Å²) in [4.78, 5) is 44.4. The van der Waals surface area contributed by atoms with Gasteiger partial charge in [-0.05, 0) is 24.3 Å². The SMILES string of the molecule is COc1ccccc1NC(=O)CCC(=O)Nc1ccc2[nH]c(=O)[nH]c2n1. The van der Waals surface area contributed by atoms with Gasteiger partial charge in [-0.1, -0.05) is 12.1 Å². The van der Waals surface area contributed by atoms with Gasteiger partial charge in [0.1, 0.15) is 11.6 Å². The Labute approximate surface area is 147 Å². The lowest BCUT2D eigenvalue weighted by Gasteiger charge is -2.09. The predicted octanol–water partition coefficient (Wildman–Crippen LogP) is 1.62. The van der Waals surface area contributed by atoms with Crippen molar-refractivity contribution in [2.45, 2.75) is 12.8 Å². The maximum absolute atomic E-state index is 12.0. The Morgan fingerprint density at radius 1 is 1.04 bits per heavy atom. The van der Waals surface area contributed by atoms with Gasteiger partial charge < -0.3 is 20.4 Å². The van der Waals surface area contributed by atoms with Crippen LogP contribution in [0.2, 0.25) is 0 Å². The lowest BCUT2D eigenvalue weighted by atomic mass is 10.2. The summed E-state index contributed by atoms with van der Waals surface area (Å²) in [7, 11) is 1.51. The summed E-state index contributed by atoms with van der Waals surface area (Å²) in [6.07, 6.45) is -0.00251. The second-order valence-corrected chi connectivity index (χ2v) is 5.47. The number of aromatic amines is 2. The number of ether oxygens (including phenoxy) is 1. The normalized spacial score (nSPS) is 10.5. The summed E-state index contributed by atoms with van der Waals surface area (Å²) in [6, 6.07) is 10.2. The van der Waals surface area contributed by atoms with Gasteiger partial charge in [0.05, 0.1) is 18.3 Å². The summed E-state index contributed by atoms with van der Waals surface area (Å²) >= 11 is 0. The molecule has 0 saturated carbocycles. The molecule has 134 valence electrons. The third-order valence-electron chi connectivity index (χ3n) is 3.60. The van der Waals surface area contributed by atoms with E-state index in [0.29, 0.717) is 28.4 Å². The van der Waals surface area contributed by atoms with Crippen LogP contribution in [0.4, 0.5) is 11.5 Å². The first-order valence-electron chi connectivity index (χ1n) is 7.87. The van der Waals surface area contributed by atoms with Crippen LogP contribution in [0.25, 0.3) is 11.2 Å². The van der Waals surface area contributed by atoms with Crippen molar-refractivity contribution in [1.29, 1.82) is 0 Å². The number of nitrogens with zero attached hydrogens (tertiary/aromatic N) is 1. The van der Waals surface area contributed by atoms with E-state index in [2.05, 4.69) is 25.6 Å². The van der Waals surface area contributed by atoms with Gasteiger partial charge in [0.2, 0.25) is 11.8 Å². The number of carbonyl (C=O) groups is 2. The maximum atomic E-state index is 12.0. The molecule has 0 aliphatic rings. The molecule has 9 heteroatoms. The van der Waals surface area contributed by atoms with E-state index in [9.17, 15) is 14.4 Å². The Balaban J connectivity index is 1.54. The number of amides is 2. The zero-order valence-electron chi connectivity index (χ0n) is 14.0. The molecule has 3 aromatic rings. The van der Waals surface area contributed by atoms with E-state index in [0.717, 1.165) is 0 Å². The van der Waals surface area contributed by atoms with Crippen LogP contribution in [0.3, 0.4) is 0 Å². The Morgan fingerprint density at radius 3 is 2.54 bits per heavy atom. The number of fused-ring (bicyclic) bond motifs is 1. The summed E-state index contributed by atoms with van der Waals surface area (Å²) in [6.45, 7) is 0. The van der Waals surface area contributed by atoms with Gasteiger partial charge in [-0.15, -0.1) is 0 Å². The highest BCUT2D eigenvalue weighted by molar-refractivity contribution is 5.97. The van der Waals surface area contributed by atoms with Gasteiger partial charge in [-0.3, -0.25) is 14.6 Å². The van der Waals surface area contributed by atoms with Gasteiger partial charge in [0.15, 0.2) is 5.65 Å². The molecule has 0 aliphatic carbocycles. The second kappa shape index (κ2) is 7.51. The van der Waals surface area contributed by atoms with Crippen molar-refractivity contribution in [3.63, 3.8) is 0 Å². The van der Waals surface area contributed by atoms with Gasteiger partial charge in [-0.2, -0.15) is 0 Å². The average Bonchev–Trinajstić information content (AvgIpc) is 3.00. The largest absolute Gasteiger partial charge is 0.495 e. The lowest BCUT2D eigenvalue weighted by Crippen LogP contribution is -2.18. The molecule has 9 nitrogen and oxygen atoms in total. The fraction of sp³-hybridized carbons (Fsp3) is 0.176. The first-order valence-corrected chi connectivity index (χ1v) is 7.87. The van der Waals surface area contributed by atoms with Gasteiger partial charge >= 0.3 is 5.69 Å². The van der Waals surface area contributed by atoms with Crippen LogP contribution in [0.15, 0.2) is 41.2 Å². The number of nitrogens with one attached hydrogen (secondary N) is 4. The minimum atomic E-state index is -0.371. The van der Waals surface area contributed by atoms with Crippen LogP contribution >= 0.6 is 0 Å². The molecule has 26 heavy (non-hydrogen) atoms. The fourth-order valence-electron chi connectivity index (χ4n) is 2.38. The van der Waals surface area contributed by atoms with E-state index in [-0.39, 0.29) is 30.3 Å². The number of rotatable bonds is 6. The lowest BCUT2D eigenvalue weighted by molar-refractivity contribution is -0.121. The topological polar surface area (TPSA) is 129 Å². The van der Waals surface area contributed by atoms with E-state index in [1.165, 1.54) is 7.11 Å². The van der Waals surface area contributed by atoms with Crippen molar-refractivity contribution in [2.75, 3.05) is 17.7 Å². The molecule has 0 saturated heterocycles. The molecule has 0 fully saturated rings. The monoisotopic (exact) mass is 355 g/mol. The minimum absolute atomic E-state index is 0.00706. The number of pyridine rings is 1. The van der Waals surface area contributed by atoms with Crippen molar-refractivity contribution in [3.05, 3.63) is 46.9 Å². The standard InChI is InChI=1S/C17H17N5O4/c1-26-12-5-3-2-4-10(12)18-14(23)8-9-15(24)20-13-7-6-11-16(21-13)22-17(25)19-11/h2-7H,8-9H2,1H3,(H,18,23)(H3,19,20,21,22,24,25). The molecule has 1 aromatic carbocycles. The molecule has 0 radical (unpaired) electrons. The number of H-pyrrole nitrogens is 2. The first-order chi connectivity index (χ1) is 12.5. The van der Waals surface area contributed by atoms with Crippen molar-refractivity contribution in [2.24, 2.45) is 0 Å². The highest BCUT2D eigenvalue weighted by Gasteiger charge is 2.11. The van der Waals surface area contributed by atoms with Crippen LogP contribution in [-0.2, 0) is 9.59 Å². The number of aromatic nitrogens is 3. The number of carbonyl (C=O) groups excluding carboxylic acids is 2. The summed E-state index contributed by atoms with van der Waals surface area (Å²) in [5.41, 5.74) is 1.07. The van der Waals surface area contributed by atoms with Crippen molar-refractivity contribution < 1.29 is 14.3 Å². The van der Waals surface area contributed by atoms with Gasteiger partial charge in [0.25, 0.3) is 0 Å². The number of hydrogen-bond donors (Lipinski definition) is 4. The fourth-order valence-corrected chi connectivity index (χ4v) is 2.38. The molecular formula is C17H17N5O4. The van der Waals surface area contributed by atoms with Crippen LogP contribution in [0.1, 0.15) is 12.8 Å². The molecule has 0 spiro atoms. The Morgan fingerprint density at radius 2 is 1.77 bits per heavy atom. The quantitative estimate of drug-likeness (QED) is 0.534. The summed E-state index contributed by atoms with van der Waals surface area (Å²) in [5.74, 6) is 0.180. The van der Waals surface area contributed by atoms with Crippen molar-refractivity contribution >= 4 is 34.5 Å². The highest BCUT2D eigenvalue weighted by Crippen LogP contribution is 2.23. The van der Waals surface area contributed by atoms with Crippen LogP contribution in [-0.4, -0.2) is 33.9 Å². The number of benzene rings is 1. The van der Waals surface area contributed by atoms with Crippen molar-refractivity contribution in [3.8, 4) is 5.75 Å². The number of methoxy groups -OCH3 is 1. The maximum Gasteiger partial charge on any atom is 0.325 e. The predicted molar refractivity (Wildman–Crippen MR) is 96.2 cm³/mol. The van der Waals surface area contributed by atoms with Crippen LogP contribution in [0.5, 0.6) is 5.75 Å². The van der Waals surface area contributed by atoms with E-state index >= 15 is 0 Å². The number of para-hydroxylation sites is 2. The number of anilines is 2. The van der Waals surface area contributed by atoms with Crippen LogP contribution in [0, 0.1) is 0 Å². The van der Waals surface area contributed by atoms with Gasteiger partial charge in [-0.25, -0.2) is 9.78 Å². The smallest absolute Gasteiger partial charge is 0.325 e. The molecule has 0 aliphatic heterocycles. The number of hydrogen-bond acceptors (Lipinski definition) is 5. The zero-order chi connectivity index (χ0) is 18.5. The molecule has 0 atom stereocenters. The van der Waals surface area contributed by atoms with E-state index in [1.54, 1.807) is 36.4 Å². The number of imidazole rings is 1. The van der Waals surface area contributed by atoms with E-state index in [4.69, 9.17) is 4.74 Å².